The van der Waals surface area contributed by atoms with Gasteiger partial charge in [0.2, 0.25) is 5.91 Å². The van der Waals surface area contributed by atoms with E-state index in [4.69, 9.17) is 10.5 Å². The Morgan fingerprint density at radius 2 is 1.83 bits per heavy atom. The Bertz CT molecular complexity index is 1730. The number of fused-ring (bicyclic) bond motifs is 1. The number of nitrogens with zero attached hydrogens (tertiary/aromatic N) is 7. The Morgan fingerprint density at radius 3 is 2.52 bits per heavy atom. The van der Waals surface area contributed by atoms with Gasteiger partial charge in [0.05, 0.1) is 25.1 Å². The van der Waals surface area contributed by atoms with Crippen LogP contribution in [0, 0.1) is 28.1 Å². The van der Waals surface area contributed by atoms with Gasteiger partial charge < -0.3 is 35.1 Å². The predicted octanol–water partition coefficient (Wildman–Crippen LogP) is 1.92. The molecule has 5 aliphatic rings. The van der Waals surface area contributed by atoms with E-state index in [-0.39, 0.29) is 36.6 Å². The fourth-order valence-electron chi connectivity index (χ4n) is 10.7. The zero-order valence-corrected chi connectivity index (χ0v) is 31.2. The molecule has 0 radical (unpaired) electrons. The van der Waals surface area contributed by atoms with E-state index < -0.39 is 45.9 Å². The Balaban J connectivity index is 0.967. The van der Waals surface area contributed by atoms with Gasteiger partial charge in [0.1, 0.15) is 17.7 Å². The molecule has 9 atom stereocenters. The maximum absolute atomic E-state index is 13.7. The third kappa shape index (κ3) is 5.84. The summed E-state index contributed by atoms with van der Waals surface area (Å²) in [6.45, 7) is 15.8. The van der Waals surface area contributed by atoms with Crippen molar-refractivity contribution in [3.8, 4) is 0 Å². The van der Waals surface area contributed by atoms with E-state index in [9.17, 15) is 24.6 Å². The van der Waals surface area contributed by atoms with Crippen molar-refractivity contribution in [3.05, 3.63) is 25.3 Å². The average Bonchev–Trinajstić information content (AvgIpc) is 3.85. The largest absolute Gasteiger partial charge is 0.458 e. The first kappa shape index (κ1) is 36.9. The van der Waals surface area contributed by atoms with Gasteiger partial charge >= 0.3 is 5.97 Å². The van der Waals surface area contributed by atoms with E-state index in [0.29, 0.717) is 76.0 Å². The quantitative estimate of drug-likeness (QED) is 0.267. The van der Waals surface area contributed by atoms with E-state index in [0.717, 1.165) is 25.3 Å². The second kappa shape index (κ2) is 13.4. The lowest BCUT2D eigenvalue weighted by molar-refractivity contribution is -0.252. The van der Waals surface area contributed by atoms with Crippen molar-refractivity contribution >= 4 is 34.6 Å². The molecule has 3 saturated carbocycles. The van der Waals surface area contributed by atoms with Crippen LogP contribution in [0.4, 0.5) is 5.82 Å². The number of aliphatic hydroxyl groups is 2. The number of piperazine rings is 1. The van der Waals surface area contributed by atoms with Crippen LogP contribution in [0.25, 0.3) is 11.2 Å². The molecule has 0 aromatic carbocycles. The van der Waals surface area contributed by atoms with Crippen LogP contribution in [-0.2, 0) is 25.7 Å². The molecule has 14 heteroatoms. The summed E-state index contributed by atoms with van der Waals surface area (Å²) in [5.74, 6) is -0.250. The molecule has 14 nitrogen and oxygen atoms in total. The van der Waals surface area contributed by atoms with Gasteiger partial charge in [0.15, 0.2) is 17.0 Å². The Hall–Kier alpha value is -3.46. The maximum Gasteiger partial charge on any atom is 0.320 e. The van der Waals surface area contributed by atoms with Crippen molar-refractivity contribution in [2.45, 2.75) is 103 Å². The second-order valence-corrected chi connectivity index (χ2v) is 17.0. The lowest BCUT2D eigenvalue weighted by atomic mass is 9.42. The van der Waals surface area contributed by atoms with Crippen LogP contribution >= 0.6 is 0 Å². The number of Topliss-reactive ketones (excluding diaryl/α,β-unsaturated/α-hetero) is 1. The minimum atomic E-state index is -1.09. The fourth-order valence-corrected chi connectivity index (χ4v) is 10.7. The highest BCUT2D eigenvalue weighted by Gasteiger charge is 2.72. The number of hydrogen-bond acceptors (Lipinski definition) is 12. The molecule has 3 aliphatic carbocycles. The fraction of sp³-hybridized carbons (Fsp3) is 0.737. The predicted molar refractivity (Wildman–Crippen MR) is 194 cm³/mol. The van der Waals surface area contributed by atoms with Crippen molar-refractivity contribution in [1.82, 2.24) is 29.3 Å². The SMILES string of the molecule is C=CC1(C)CC(O)C2(C)C3C(=O)CCC3(CCC2(C)OC(=O)CN2CCN(C(=O)CCn3cnc4c(N5CC[C@H](N)C5)ncnc43)CC2)C(C)C1O. The molecule has 52 heavy (non-hydrogen) atoms. The first-order chi connectivity index (χ1) is 24.7. The highest BCUT2D eigenvalue weighted by molar-refractivity contribution is 5.86. The number of anilines is 1. The molecule has 7 rings (SSSR count). The number of esters is 1. The van der Waals surface area contributed by atoms with Crippen LogP contribution < -0.4 is 10.6 Å². The first-order valence-corrected chi connectivity index (χ1v) is 19.1. The Kier molecular flexibility index (Phi) is 9.53. The summed E-state index contributed by atoms with van der Waals surface area (Å²) < 4.78 is 8.29. The van der Waals surface area contributed by atoms with Crippen LogP contribution in [0.15, 0.2) is 25.3 Å². The Morgan fingerprint density at radius 1 is 1.08 bits per heavy atom. The first-order valence-electron chi connectivity index (χ1n) is 19.1. The maximum atomic E-state index is 13.7. The summed E-state index contributed by atoms with van der Waals surface area (Å²) in [6, 6.07) is 0.115. The number of ketones is 1. The molecule has 0 spiro atoms. The summed E-state index contributed by atoms with van der Waals surface area (Å²) in [5.41, 5.74) is 4.11. The van der Waals surface area contributed by atoms with Crippen molar-refractivity contribution in [3.63, 3.8) is 0 Å². The van der Waals surface area contributed by atoms with E-state index in [1.807, 2.05) is 42.1 Å². The van der Waals surface area contributed by atoms with Gasteiger partial charge in [-0.1, -0.05) is 26.8 Å². The minimum absolute atomic E-state index is 0.0281. The van der Waals surface area contributed by atoms with Gasteiger partial charge in [0.25, 0.3) is 0 Å². The van der Waals surface area contributed by atoms with Crippen molar-refractivity contribution in [2.75, 3.05) is 50.7 Å². The molecule has 2 aliphatic heterocycles. The van der Waals surface area contributed by atoms with Crippen molar-refractivity contribution in [2.24, 2.45) is 33.8 Å². The van der Waals surface area contributed by atoms with Crippen LogP contribution in [0.1, 0.15) is 72.6 Å². The number of nitrogens with two attached hydrogens (primary N) is 1. The average molecular weight is 721 g/mol. The third-order valence-electron chi connectivity index (χ3n) is 14.3. The van der Waals surface area contributed by atoms with Crippen LogP contribution in [-0.4, -0.2) is 127 Å². The van der Waals surface area contributed by atoms with E-state index >= 15 is 0 Å². The molecule has 2 aromatic heterocycles. The number of imidazole rings is 1. The summed E-state index contributed by atoms with van der Waals surface area (Å²) in [4.78, 5) is 60.2. The molecule has 2 aromatic rings. The highest BCUT2D eigenvalue weighted by atomic mass is 16.6. The lowest BCUT2D eigenvalue weighted by Crippen LogP contribution is -2.69. The lowest BCUT2D eigenvalue weighted by Gasteiger charge is -2.64. The normalized spacial score (nSPS) is 38.2. The molecule has 4 N–H and O–H groups in total. The summed E-state index contributed by atoms with van der Waals surface area (Å²) in [7, 11) is 0. The molecule has 2 bridgehead atoms. The molecule has 8 unspecified atom stereocenters. The van der Waals surface area contributed by atoms with Gasteiger partial charge in [0, 0.05) is 81.4 Å². The minimum Gasteiger partial charge on any atom is -0.458 e. The standard InChI is InChI=1S/C38H56N8O6/c1-6-35(3)19-27(48)37(5)31-26(47)7-10-38(31,24(2)32(35)51)12-11-36(37,4)52-29(50)21-43-15-17-44(18-16-43)28(49)9-14-46-23-42-30-33(40-22-41-34(30)46)45-13-8-25(39)20-45/h6,22-25,27,31-32,48,51H,1,7-21,39H2,2-5H3/t24?,25-,27?,31?,32?,35?,36?,37?,38?/m0/s1. The van der Waals surface area contributed by atoms with E-state index in [1.54, 1.807) is 12.4 Å². The van der Waals surface area contributed by atoms with Crippen LogP contribution in [0.2, 0.25) is 0 Å². The monoisotopic (exact) mass is 720 g/mol. The van der Waals surface area contributed by atoms with Gasteiger partial charge in [-0.25, -0.2) is 15.0 Å². The number of carbonyl (C=O) groups is 3. The molecule has 284 valence electrons. The second-order valence-electron chi connectivity index (χ2n) is 17.0. The number of rotatable bonds is 8. The number of hydrogen-bond donors (Lipinski definition) is 3. The Labute approximate surface area is 305 Å². The third-order valence-corrected chi connectivity index (χ3v) is 14.3. The molecule has 4 heterocycles. The number of aromatic nitrogens is 4. The number of amides is 1. The van der Waals surface area contributed by atoms with Crippen molar-refractivity contribution < 1.29 is 29.3 Å². The zero-order chi connectivity index (χ0) is 37.2. The van der Waals surface area contributed by atoms with Crippen LogP contribution in [0.3, 0.4) is 0 Å². The van der Waals surface area contributed by atoms with E-state index in [2.05, 4.69) is 26.4 Å². The van der Waals surface area contributed by atoms with E-state index in [1.165, 1.54) is 6.33 Å². The van der Waals surface area contributed by atoms with Crippen LogP contribution in [0.5, 0.6) is 0 Å². The molecular weight excluding hydrogens is 664 g/mol. The number of aryl methyl sites for hydroxylation is 1. The van der Waals surface area contributed by atoms with Gasteiger partial charge in [-0.2, -0.15) is 0 Å². The summed E-state index contributed by atoms with van der Waals surface area (Å²) >= 11 is 0. The topological polar surface area (TPSA) is 180 Å². The molecular formula is C38H56N8O6. The van der Waals surface area contributed by atoms with Crippen molar-refractivity contribution in [1.29, 1.82) is 0 Å². The van der Waals surface area contributed by atoms with Gasteiger partial charge in [-0.3, -0.25) is 19.3 Å². The highest BCUT2D eigenvalue weighted by Crippen LogP contribution is 2.69. The summed E-state index contributed by atoms with van der Waals surface area (Å²) in [5, 5.41) is 23.6. The number of carbonyl (C=O) groups excluding carboxylic acids is 3. The summed E-state index contributed by atoms with van der Waals surface area (Å²) in [6.07, 6.45) is 6.78. The smallest absolute Gasteiger partial charge is 0.320 e. The van der Waals surface area contributed by atoms with Gasteiger partial charge in [-0.05, 0) is 50.4 Å². The molecule has 5 fully saturated rings. The van der Waals surface area contributed by atoms with Gasteiger partial charge in [-0.15, -0.1) is 6.58 Å². The number of aliphatic hydroxyl groups excluding tert-OH is 2. The molecule has 1 amide bonds. The molecule has 2 saturated heterocycles. The zero-order valence-electron chi connectivity index (χ0n) is 31.2. The number of ether oxygens (including phenoxy) is 1.